The standard InChI is InChI=1S/C14H24N2S/c1-4-9-15-14(8-6-7-12(14)5-2)13-16-11(3)10-17-13/h10,12,15H,4-9H2,1-3H3. The Labute approximate surface area is 109 Å². The van der Waals surface area contributed by atoms with Crippen LogP contribution in [0, 0.1) is 12.8 Å². The Bertz CT molecular complexity index is 361. The van der Waals surface area contributed by atoms with Crippen molar-refractivity contribution in [2.45, 2.75) is 58.4 Å². The molecule has 1 aliphatic carbocycles. The molecule has 1 aromatic rings. The van der Waals surface area contributed by atoms with E-state index in [1.54, 1.807) is 0 Å². The molecular weight excluding hydrogens is 228 g/mol. The van der Waals surface area contributed by atoms with Gasteiger partial charge in [0, 0.05) is 11.1 Å². The number of hydrogen-bond acceptors (Lipinski definition) is 3. The molecule has 0 amide bonds. The van der Waals surface area contributed by atoms with E-state index in [-0.39, 0.29) is 5.54 Å². The summed E-state index contributed by atoms with van der Waals surface area (Å²) in [5.41, 5.74) is 1.35. The lowest BCUT2D eigenvalue weighted by Crippen LogP contribution is -2.45. The molecule has 1 N–H and O–H groups in total. The van der Waals surface area contributed by atoms with Crippen LogP contribution in [0.2, 0.25) is 0 Å². The molecule has 1 fully saturated rings. The molecule has 2 rings (SSSR count). The molecule has 0 bridgehead atoms. The average molecular weight is 252 g/mol. The molecule has 0 saturated heterocycles. The zero-order valence-electron chi connectivity index (χ0n) is 11.3. The second-order valence-electron chi connectivity index (χ2n) is 5.19. The summed E-state index contributed by atoms with van der Waals surface area (Å²) in [6.45, 7) is 7.76. The number of hydrogen-bond donors (Lipinski definition) is 1. The quantitative estimate of drug-likeness (QED) is 0.861. The van der Waals surface area contributed by atoms with Crippen LogP contribution in [0.1, 0.15) is 56.7 Å². The molecule has 3 heteroatoms. The number of aryl methyl sites for hydroxylation is 1. The van der Waals surface area contributed by atoms with Gasteiger partial charge in [0.05, 0.1) is 5.54 Å². The Morgan fingerprint density at radius 3 is 2.94 bits per heavy atom. The lowest BCUT2D eigenvalue weighted by atomic mass is 9.85. The Morgan fingerprint density at radius 2 is 2.35 bits per heavy atom. The van der Waals surface area contributed by atoms with Crippen LogP contribution in [0.4, 0.5) is 0 Å². The van der Waals surface area contributed by atoms with E-state index in [0.717, 1.165) is 12.5 Å². The van der Waals surface area contributed by atoms with Crippen molar-refractivity contribution in [1.29, 1.82) is 0 Å². The van der Waals surface area contributed by atoms with Crippen LogP contribution >= 0.6 is 11.3 Å². The Hall–Kier alpha value is -0.410. The normalized spacial score (nSPS) is 28.8. The van der Waals surface area contributed by atoms with E-state index < -0.39 is 0 Å². The molecule has 0 radical (unpaired) electrons. The smallest absolute Gasteiger partial charge is 0.113 e. The van der Waals surface area contributed by atoms with Gasteiger partial charge in [-0.25, -0.2) is 4.98 Å². The van der Waals surface area contributed by atoms with Gasteiger partial charge in [-0.2, -0.15) is 0 Å². The molecule has 0 spiro atoms. The summed E-state index contributed by atoms with van der Waals surface area (Å²) in [6, 6.07) is 0. The molecule has 0 aromatic carbocycles. The fourth-order valence-electron chi connectivity index (χ4n) is 3.13. The van der Waals surface area contributed by atoms with Crippen molar-refractivity contribution in [2.24, 2.45) is 5.92 Å². The van der Waals surface area contributed by atoms with E-state index in [1.165, 1.54) is 42.8 Å². The maximum Gasteiger partial charge on any atom is 0.113 e. The molecule has 0 aliphatic heterocycles. The second kappa shape index (κ2) is 5.49. The van der Waals surface area contributed by atoms with Gasteiger partial charge < -0.3 is 5.32 Å². The Morgan fingerprint density at radius 1 is 1.53 bits per heavy atom. The number of nitrogens with one attached hydrogen (secondary N) is 1. The molecule has 1 aliphatic rings. The minimum atomic E-state index is 0.184. The van der Waals surface area contributed by atoms with Crippen LogP contribution in [0.25, 0.3) is 0 Å². The summed E-state index contributed by atoms with van der Waals surface area (Å²) in [5, 5.41) is 7.34. The molecule has 96 valence electrons. The molecule has 2 atom stereocenters. The van der Waals surface area contributed by atoms with E-state index in [2.05, 4.69) is 31.5 Å². The van der Waals surface area contributed by atoms with E-state index in [1.807, 2.05) is 11.3 Å². The van der Waals surface area contributed by atoms with Gasteiger partial charge >= 0.3 is 0 Å². The lowest BCUT2D eigenvalue weighted by Gasteiger charge is -2.34. The van der Waals surface area contributed by atoms with Crippen molar-refractivity contribution >= 4 is 11.3 Å². The monoisotopic (exact) mass is 252 g/mol. The van der Waals surface area contributed by atoms with Crippen molar-refractivity contribution in [3.8, 4) is 0 Å². The number of thiazole rings is 1. The van der Waals surface area contributed by atoms with Crippen molar-refractivity contribution in [3.05, 3.63) is 16.1 Å². The van der Waals surface area contributed by atoms with E-state index in [0.29, 0.717) is 0 Å². The third-order valence-electron chi connectivity index (χ3n) is 4.00. The van der Waals surface area contributed by atoms with Crippen LogP contribution in [0.3, 0.4) is 0 Å². The summed E-state index contributed by atoms with van der Waals surface area (Å²) in [6.07, 6.45) is 6.41. The summed E-state index contributed by atoms with van der Waals surface area (Å²) in [4.78, 5) is 4.77. The largest absolute Gasteiger partial charge is 0.305 e. The molecule has 17 heavy (non-hydrogen) atoms. The average Bonchev–Trinajstić information content (AvgIpc) is 2.93. The van der Waals surface area contributed by atoms with Gasteiger partial charge in [0.2, 0.25) is 0 Å². The van der Waals surface area contributed by atoms with Crippen LogP contribution < -0.4 is 5.32 Å². The summed E-state index contributed by atoms with van der Waals surface area (Å²) >= 11 is 1.84. The maximum absolute atomic E-state index is 4.77. The summed E-state index contributed by atoms with van der Waals surface area (Å²) < 4.78 is 0. The van der Waals surface area contributed by atoms with Crippen LogP contribution in [-0.2, 0) is 5.54 Å². The highest BCUT2D eigenvalue weighted by Gasteiger charge is 2.44. The fraction of sp³-hybridized carbons (Fsp3) is 0.786. The molecule has 2 nitrogen and oxygen atoms in total. The Kier molecular flexibility index (Phi) is 4.21. The van der Waals surface area contributed by atoms with Gasteiger partial charge in [0.15, 0.2) is 0 Å². The SMILES string of the molecule is CCCNC1(c2nc(C)cs2)CCCC1CC. The number of aromatic nitrogens is 1. The zero-order valence-corrected chi connectivity index (χ0v) is 12.1. The van der Waals surface area contributed by atoms with Gasteiger partial charge in [-0.1, -0.05) is 26.7 Å². The summed E-state index contributed by atoms with van der Waals surface area (Å²) in [7, 11) is 0. The Balaban J connectivity index is 2.29. The van der Waals surface area contributed by atoms with Gasteiger partial charge in [-0.3, -0.25) is 0 Å². The predicted molar refractivity (Wildman–Crippen MR) is 74.5 cm³/mol. The molecule has 1 saturated carbocycles. The van der Waals surface area contributed by atoms with Gasteiger partial charge in [-0.05, 0) is 38.6 Å². The number of rotatable bonds is 5. The maximum atomic E-state index is 4.77. The third kappa shape index (κ3) is 2.41. The first kappa shape index (κ1) is 13.0. The third-order valence-corrected chi connectivity index (χ3v) is 5.14. The molecule has 1 heterocycles. The first-order chi connectivity index (χ1) is 8.23. The molecule has 2 unspecified atom stereocenters. The van der Waals surface area contributed by atoms with Gasteiger partial charge in [0.1, 0.15) is 5.01 Å². The van der Waals surface area contributed by atoms with Gasteiger partial charge in [-0.15, -0.1) is 11.3 Å². The van der Waals surface area contributed by atoms with E-state index in [4.69, 9.17) is 4.98 Å². The topological polar surface area (TPSA) is 24.9 Å². The highest BCUT2D eigenvalue weighted by Crippen LogP contribution is 2.46. The molecular formula is C14H24N2S. The van der Waals surface area contributed by atoms with Crippen molar-refractivity contribution in [1.82, 2.24) is 10.3 Å². The van der Waals surface area contributed by atoms with Crippen molar-refractivity contribution < 1.29 is 0 Å². The van der Waals surface area contributed by atoms with Crippen LogP contribution in [-0.4, -0.2) is 11.5 Å². The fourth-order valence-corrected chi connectivity index (χ4v) is 4.21. The first-order valence-electron chi connectivity index (χ1n) is 6.90. The van der Waals surface area contributed by atoms with E-state index >= 15 is 0 Å². The second-order valence-corrected chi connectivity index (χ2v) is 6.05. The van der Waals surface area contributed by atoms with Crippen molar-refractivity contribution in [3.63, 3.8) is 0 Å². The number of nitrogens with zero attached hydrogens (tertiary/aromatic N) is 1. The van der Waals surface area contributed by atoms with Crippen LogP contribution in [0.5, 0.6) is 0 Å². The highest BCUT2D eigenvalue weighted by atomic mass is 32.1. The minimum absolute atomic E-state index is 0.184. The predicted octanol–water partition coefficient (Wildman–Crippen LogP) is 3.86. The van der Waals surface area contributed by atoms with E-state index in [9.17, 15) is 0 Å². The first-order valence-corrected chi connectivity index (χ1v) is 7.78. The zero-order chi connectivity index (χ0) is 12.3. The highest BCUT2D eigenvalue weighted by molar-refractivity contribution is 7.09. The minimum Gasteiger partial charge on any atom is -0.305 e. The lowest BCUT2D eigenvalue weighted by molar-refractivity contribution is 0.240. The van der Waals surface area contributed by atoms with Crippen molar-refractivity contribution in [2.75, 3.05) is 6.54 Å². The van der Waals surface area contributed by atoms with Gasteiger partial charge in [0.25, 0.3) is 0 Å². The molecule has 1 aromatic heterocycles. The summed E-state index contributed by atoms with van der Waals surface area (Å²) in [5.74, 6) is 0.764. The van der Waals surface area contributed by atoms with Crippen LogP contribution in [0.15, 0.2) is 5.38 Å².